The maximum Gasteiger partial charge on any atom is 0.338 e. The normalized spacial score (nSPS) is 20.8. The molecule has 2 aliphatic rings. The molecule has 0 bridgehead atoms. The highest BCUT2D eigenvalue weighted by Crippen LogP contribution is 2.60. The first-order valence-electron chi connectivity index (χ1n) is 11.6. The highest BCUT2D eigenvalue weighted by molar-refractivity contribution is 8.18. The first kappa shape index (κ1) is 23.9. The summed E-state index contributed by atoms with van der Waals surface area (Å²) in [6.07, 6.45) is 3.25. The van der Waals surface area contributed by atoms with E-state index in [0.29, 0.717) is 23.8 Å². The van der Waals surface area contributed by atoms with Crippen molar-refractivity contribution in [2.75, 3.05) is 37.3 Å². The van der Waals surface area contributed by atoms with Crippen LogP contribution in [0.3, 0.4) is 0 Å². The molecule has 1 aliphatic carbocycles. The molecule has 33 heavy (non-hydrogen) atoms. The van der Waals surface area contributed by atoms with E-state index < -0.39 is 6.34 Å². The molecule has 4 rings (SSSR count). The number of anilines is 2. The summed E-state index contributed by atoms with van der Waals surface area (Å²) >= 11 is 6.48. The van der Waals surface area contributed by atoms with Gasteiger partial charge in [-0.3, -0.25) is 14.1 Å². The number of esters is 1. The van der Waals surface area contributed by atoms with Crippen LogP contribution < -0.4 is 14.9 Å². The van der Waals surface area contributed by atoms with Gasteiger partial charge in [-0.05, 0) is 69.3 Å². The first-order chi connectivity index (χ1) is 15.8. The average molecular weight is 486 g/mol. The minimum absolute atomic E-state index is 0.0661. The summed E-state index contributed by atoms with van der Waals surface area (Å²) in [5.74, 6) is -0.432. The van der Waals surface area contributed by atoms with Crippen molar-refractivity contribution >= 4 is 46.7 Å². The van der Waals surface area contributed by atoms with E-state index >= 15 is 0 Å². The van der Waals surface area contributed by atoms with Crippen molar-refractivity contribution in [2.24, 2.45) is 0 Å². The van der Waals surface area contributed by atoms with Crippen molar-refractivity contribution in [2.45, 2.75) is 45.1 Å². The van der Waals surface area contributed by atoms with Crippen LogP contribution in [0.1, 0.15) is 59.7 Å². The Labute approximate surface area is 201 Å². The summed E-state index contributed by atoms with van der Waals surface area (Å²) in [6.45, 7) is 2.10. The zero-order valence-corrected chi connectivity index (χ0v) is 21.5. The second kappa shape index (κ2) is 9.57. The van der Waals surface area contributed by atoms with Crippen LogP contribution >= 0.6 is 6.34 Å². The minimum Gasteiger partial charge on any atom is -0.462 e. The second-order valence-electron chi connectivity index (χ2n) is 8.89. The van der Waals surface area contributed by atoms with Crippen molar-refractivity contribution in [3.8, 4) is 0 Å². The Hall–Kier alpha value is -2.21. The van der Waals surface area contributed by atoms with Crippen LogP contribution in [0.5, 0.6) is 0 Å². The summed E-state index contributed by atoms with van der Waals surface area (Å²) in [5, 5.41) is 0.954. The number of carbonyl (C=O) groups is 2. The van der Waals surface area contributed by atoms with Crippen LogP contribution in [0.4, 0.5) is 11.4 Å². The Morgan fingerprint density at radius 3 is 2.36 bits per heavy atom. The third kappa shape index (κ3) is 4.23. The largest absolute Gasteiger partial charge is 0.462 e. The number of nitrogens with zero attached hydrogens (tertiary/aromatic N) is 3. The van der Waals surface area contributed by atoms with Gasteiger partial charge in [-0.15, -0.1) is 0 Å². The van der Waals surface area contributed by atoms with Gasteiger partial charge in [0, 0.05) is 31.1 Å². The molecule has 1 amide bonds. The zero-order chi connectivity index (χ0) is 23.8. The van der Waals surface area contributed by atoms with Gasteiger partial charge in [-0.25, -0.2) is 4.79 Å². The average Bonchev–Trinajstić information content (AvgIpc) is 3.06. The van der Waals surface area contributed by atoms with Crippen molar-refractivity contribution in [1.29, 1.82) is 0 Å². The van der Waals surface area contributed by atoms with Crippen molar-refractivity contribution in [3.63, 3.8) is 0 Å². The molecule has 0 N–H and O–H groups in total. The van der Waals surface area contributed by atoms with Gasteiger partial charge in [0.15, 0.2) is 0 Å². The Morgan fingerprint density at radius 2 is 1.76 bits per heavy atom. The lowest BCUT2D eigenvalue weighted by atomic mass is 9.96. The third-order valence-electron chi connectivity index (χ3n) is 6.66. The smallest absolute Gasteiger partial charge is 0.338 e. The molecular formula is C25H32N3O3PS. The van der Waals surface area contributed by atoms with E-state index in [-0.39, 0.29) is 11.9 Å². The lowest BCUT2D eigenvalue weighted by Crippen LogP contribution is -2.38. The Bertz CT molecular complexity index is 1100. The molecule has 1 saturated carbocycles. The van der Waals surface area contributed by atoms with Crippen LogP contribution in [0.25, 0.3) is 0 Å². The summed E-state index contributed by atoms with van der Waals surface area (Å²) in [6, 6.07) is 13.5. The van der Waals surface area contributed by atoms with Gasteiger partial charge in [0.05, 0.1) is 23.4 Å². The number of benzene rings is 2. The topological polar surface area (TPSA) is 53.1 Å². The van der Waals surface area contributed by atoms with Crippen LogP contribution in [0.15, 0.2) is 42.5 Å². The second-order valence-corrected chi connectivity index (χ2v) is 13.0. The number of hydrogen-bond donors (Lipinski definition) is 0. The Balaban J connectivity index is 1.80. The minimum atomic E-state index is -2.59. The number of fused-ring (bicyclic) bond motifs is 1. The fraction of sp³-hybridized carbons (Fsp3) is 0.440. The van der Waals surface area contributed by atoms with Gasteiger partial charge < -0.3 is 9.64 Å². The van der Waals surface area contributed by atoms with E-state index in [1.807, 2.05) is 41.9 Å². The summed E-state index contributed by atoms with van der Waals surface area (Å²) in [7, 11) is 6.04. The molecular weight excluding hydrogens is 453 g/mol. The lowest BCUT2D eigenvalue weighted by Gasteiger charge is -2.42. The lowest BCUT2D eigenvalue weighted by molar-refractivity contribution is 0.0526. The standard InChI is InChI=1S/C25H32N3O3PS/c1-5-31-25(30)18-11-13-20(14-12-18)28-24(29)22-17-21(26(2)3)15-16-23(22)32(28,33)27(4)19-9-7-6-8-10-19/h11-17,19H,5-10H2,1-4H3/t32-/m0/s1. The highest BCUT2D eigenvalue weighted by atomic mass is 32.4. The van der Waals surface area contributed by atoms with Gasteiger partial charge in [-0.2, -0.15) is 0 Å². The maximum absolute atomic E-state index is 13.8. The first-order valence-corrected chi connectivity index (χ1v) is 14.3. The molecule has 1 heterocycles. The number of amides is 1. The van der Waals surface area contributed by atoms with E-state index in [4.69, 9.17) is 16.5 Å². The molecule has 0 spiro atoms. The quantitative estimate of drug-likeness (QED) is 0.433. The highest BCUT2D eigenvalue weighted by Gasteiger charge is 2.47. The maximum atomic E-state index is 13.8. The van der Waals surface area contributed by atoms with Gasteiger partial charge in [0.25, 0.3) is 5.91 Å². The molecule has 0 aromatic heterocycles. The van der Waals surface area contributed by atoms with Gasteiger partial charge in [0.2, 0.25) is 0 Å². The SMILES string of the molecule is CCOC(=O)c1ccc(N2C(=O)c3cc(N(C)C)ccc3[P@]2(=S)N(C)C2CCCCC2)cc1. The van der Waals surface area contributed by atoms with Crippen molar-refractivity contribution in [1.82, 2.24) is 4.67 Å². The fourth-order valence-corrected chi connectivity index (χ4v) is 9.22. The summed E-state index contributed by atoms with van der Waals surface area (Å²) < 4.78 is 9.26. The number of carbonyl (C=O) groups excluding carboxylic acids is 2. The number of ether oxygens (including phenoxy) is 1. The van der Waals surface area contributed by atoms with E-state index in [0.717, 1.165) is 29.5 Å². The van der Waals surface area contributed by atoms with Crippen LogP contribution in [-0.4, -0.2) is 50.3 Å². The molecule has 0 saturated heterocycles. The molecule has 0 unspecified atom stereocenters. The molecule has 2 aromatic carbocycles. The summed E-state index contributed by atoms with van der Waals surface area (Å²) in [4.78, 5) is 28.0. The predicted molar refractivity (Wildman–Crippen MR) is 139 cm³/mol. The van der Waals surface area contributed by atoms with Gasteiger partial charge in [0.1, 0.15) is 6.34 Å². The van der Waals surface area contributed by atoms with Gasteiger partial charge in [-0.1, -0.05) is 31.1 Å². The molecule has 1 aliphatic heterocycles. The fourth-order valence-electron chi connectivity index (χ4n) is 4.79. The van der Waals surface area contributed by atoms with Gasteiger partial charge >= 0.3 is 5.97 Å². The Kier molecular flexibility index (Phi) is 6.94. The van der Waals surface area contributed by atoms with E-state index in [1.165, 1.54) is 19.3 Å². The summed E-state index contributed by atoms with van der Waals surface area (Å²) in [5.41, 5.74) is 2.85. The third-order valence-corrected chi connectivity index (χ3v) is 11.7. The number of rotatable bonds is 6. The monoisotopic (exact) mass is 485 g/mol. The predicted octanol–water partition coefficient (Wildman–Crippen LogP) is 4.79. The van der Waals surface area contributed by atoms with Crippen LogP contribution in [0, 0.1) is 0 Å². The molecule has 1 fully saturated rings. The zero-order valence-electron chi connectivity index (χ0n) is 19.8. The molecule has 2 aromatic rings. The van der Waals surface area contributed by atoms with Crippen molar-refractivity contribution < 1.29 is 14.3 Å². The number of hydrogen-bond acceptors (Lipinski definition) is 5. The Morgan fingerprint density at radius 1 is 1.09 bits per heavy atom. The van der Waals surface area contributed by atoms with Crippen molar-refractivity contribution in [3.05, 3.63) is 53.6 Å². The molecule has 1 atom stereocenters. The van der Waals surface area contributed by atoms with Crippen LogP contribution in [0.2, 0.25) is 0 Å². The molecule has 0 radical (unpaired) electrons. The molecule has 6 nitrogen and oxygen atoms in total. The van der Waals surface area contributed by atoms with E-state index in [1.54, 1.807) is 19.1 Å². The van der Waals surface area contributed by atoms with Crippen LogP contribution in [-0.2, 0) is 16.5 Å². The molecule has 8 heteroatoms. The molecule has 176 valence electrons. The van der Waals surface area contributed by atoms with E-state index in [2.05, 4.69) is 23.9 Å². The van der Waals surface area contributed by atoms with E-state index in [9.17, 15) is 9.59 Å².